The SMILES string of the molecule is CCC(C)C(C)N1CCCC1=N. The molecule has 0 radical (unpaired) electrons. The van der Waals surface area contributed by atoms with Gasteiger partial charge in [0.15, 0.2) is 0 Å². The lowest BCUT2D eigenvalue weighted by Gasteiger charge is -2.30. The third-order valence-corrected chi connectivity index (χ3v) is 3.12. The molecule has 2 atom stereocenters. The van der Waals surface area contributed by atoms with Gasteiger partial charge >= 0.3 is 0 Å². The number of hydrogen-bond donors (Lipinski definition) is 1. The molecule has 1 N–H and O–H groups in total. The summed E-state index contributed by atoms with van der Waals surface area (Å²) >= 11 is 0. The van der Waals surface area contributed by atoms with E-state index in [9.17, 15) is 0 Å². The summed E-state index contributed by atoms with van der Waals surface area (Å²) in [7, 11) is 0. The van der Waals surface area contributed by atoms with Crippen molar-refractivity contribution < 1.29 is 0 Å². The molecule has 0 aromatic carbocycles. The second-order valence-electron chi connectivity index (χ2n) is 3.87. The average Bonchev–Trinajstić information content (AvgIpc) is 2.48. The first-order valence-electron chi connectivity index (χ1n) is 5.00. The smallest absolute Gasteiger partial charge is 0.0960 e. The van der Waals surface area contributed by atoms with Crippen molar-refractivity contribution in [1.29, 1.82) is 5.41 Å². The van der Waals surface area contributed by atoms with Crippen LogP contribution in [0.4, 0.5) is 0 Å². The zero-order chi connectivity index (χ0) is 9.14. The number of nitrogens with one attached hydrogen (secondary N) is 1. The summed E-state index contributed by atoms with van der Waals surface area (Å²) in [6.45, 7) is 7.84. The monoisotopic (exact) mass is 168 g/mol. The summed E-state index contributed by atoms with van der Waals surface area (Å²) in [5, 5.41) is 7.73. The molecule has 70 valence electrons. The Labute approximate surface area is 75.5 Å². The van der Waals surface area contributed by atoms with E-state index >= 15 is 0 Å². The van der Waals surface area contributed by atoms with Crippen LogP contribution in [-0.4, -0.2) is 23.3 Å². The molecule has 0 spiro atoms. The van der Waals surface area contributed by atoms with Crippen LogP contribution in [0.5, 0.6) is 0 Å². The Kier molecular flexibility index (Phi) is 3.12. The molecule has 2 heteroatoms. The van der Waals surface area contributed by atoms with Crippen molar-refractivity contribution in [2.24, 2.45) is 5.92 Å². The number of amidine groups is 1. The first kappa shape index (κ1) is 9.56. The minimum atomic E-state index is 0.560. The summed E-state index contributed by atoms with van der Waals surface area (Å²) in [5.41, 5.74) is 0. The maximum atomic E-state index is 7.73. The van der Waals surface area contributed by atoms with Crippen LogP contribution in [0.25, 0.3) is 0 Å². The lowest BCUT2D eigenvalue weighted by molar-refractivity contribution is 0.264. The zero-order valence-electron chi connectivity index (χ0n) is 8.43. The van der Waals surface area contributed by atoms with Crippen molar-refractivity contribution >= 4 is 5.84 Å². The van der Waals surface area contributed by atoms with Crippen LogP contribution in [0.15, 0.2) is 0 Å². The molecule has 0 aromatic rings. The molecule has 1 aliphatic rings. The molecule has 2 unspecified atom stereocenters. The molecule has 0 bridgehead atoms. The molecule has 1 aliphatic heterocycles. The fourth-order valence-corrected chi connectivity index (χ4v) is 1.79. The van der Waals surface area contributed by atoms with Gasteiger partial charge in [-0.1, -0.05) is 20.3 Å². The van der Waals surface area contributed by atoms with Crippen LogP contribution in [-0.2, 0) is 0 Å². The van der Waals surface area contributed by atoms with E-state index in [1.165, 1.54) is 12.8 Å². The Morgan fingerprint density at radius 2 is 2.17 bits per heavy atom. The lowest BCUT2D eigenvalue weighted by Crippen LogP contribution is -2.37. The Bertz CT molecular complexity index is 165. The lowest BCUT2D eigenvalue weighted by atomic mass is 10.00. The first-order chi connectivity index (χ1) is 5.66. The normalized spacial score (nSPS) is 22.9. The molecule has 12 heavy (non-hydrogen) atoms. The van der Waals surface area contributed by atoms with Gasteiger partial charge in [0.25, 0.3) is 0 Å². The topological polar surface area (TPSA) is 27.1 Å². The molecule has 2 nitrogen and oxygen atoms in total. The predicted molar refractivity (Wildman–Crippen MR) is 52.6 cm³/mol. The van der Waals surface area contributed by atoms with Gasteiger partial charge in [0.05, 0.1) is 5.84 Å². The summed E-state index contributed by atoms with van der Waals surface area (Å²) in [4.78, 5) is 2.26. The third-order valence-electron chi connectivity index (χ3n) is 3.12. The van der Waals surface area contributed by atoms with Crippen LogP contribution in [0.2, 0.25) is 0 Å². The molecule has 1 rings (SSSR count). The van der Waals surface area contributed by atoms with E-state index in [1.54, 1.807) is 0 Å². The van der Waals surface area contributed by atoms with Crippen LogP contribution >= 0.6 is 0 Å². The molecule has 1 heterocycles. The fourth-order valence-electron chi connectivity index (χ4n) is 1.79. The summed E-state index contributed by atoms with van der Waals surface area (Å²) in [6.07, 6.45) is 3.38. The predicted octanol–water partition coefficient (Wildman–Crippen LogP) is 2.49. The number of likely N-dealkylation sites (tertiary alicyclic amines) is 1. The van der Waals surface area contributed by atoms with E-state index in [0.29, 0.717) is 12.0 Å². The van der Waals surface area contributed by atoms with E-state index in [4.69, 9.17) is 5.41 Å². The largest absolute Gasteiger partial charge is 0.358 e. The van der Waals surface area contributed by atoms with Gasteiger partial charge in [-0.05, 0) is 19.3 Å². The van der Waals surface area contributed by atoms with Crippen molar-refractivity contribution in [1.82, 2.24) is 4.90 Å². The Hall–Kier alpha value is -0.530. The molecular weight excluding hydrogens is 148 g/mol. The van der Waals surface area contributed by atoms with E-state index < -0.39 is 0 Å². The van der Waals surface area contributed by atoms with Gasteiger partial charge < -0.3 is 4.90 Å². The van der Waals surface area contributed by atoms with Gasteiger partial charge in [-0.15, -0.1) is 0 Å². The van der Waals surface area contributed by atoms with E-state index in [-0.39, 0.29) is 0 Å². The molecular formula is C10H20N2. The maximum absolute atomic E-state index is 7.73. The molecule has 1 saturated heterocycles. The van der Waals surface area contributed by atoms with E-state index in [2.05, 4.69) is 25.7 Å². The molecule has 0 aromatic heterocycles. The van der Waals surface area contributed by atoms with Crippen molar-refractivity contribution in [2.75, 3.05) is 6.54 Å². The maximum Gasteiger partial charge on any atom is 0.0960 e. The highest BCUT2D eigenvalue weighted by molar-refractivity contribution is 5.81. The second kappa shape index (κ2) is 3.92. The summed E-state index contributed by atoms with van der Waals surface area (Å²) in [5.74, 6) is 1.56. The van der Waals surface area contributed by atoms with Crippen LogP contribution in [0.1, 0.15) is 40.0 Å². The standard InChI is InChI=1S/C10H20N2/c1-4-8(2)9(3)12-7-5-6-10(12)11/h8-9,11H,4-7H2,1-3H3. The number of rotatable bonds is 3. The summed E-state index contributed by atoms with van der Waals surface area (Å²) in [6, 6.07) is 0.560. The Morgan fingerprint density at radius 3 is 2.58 bits per heavy atom. The minimum absolute atomic E-state index is 0.560. The average molecular weight is 168 g/mol. The zero-order valence-corrected chi connectivity index (χ0v) is 8.43. The van der Waals surface area contributed by atoms with Crippen molar-refractivity contribution in [3.05, 3.63) is 0 Å². The highest BCUT2D eigenvalue weighted by atomic mass is 15.2. The third kappa shape index (κ3) is 1.79. The van der Waals surface area contributed by atoms with Gasteiger partial charge in [0, 0.05) is 19.0 Å². The minimum Gasteiger partial charge on any atom is -0.358 e. The van der Waals surface area contributed by atoms with Crippen molar-refractivity contribution in [2.45, 2.75) is 46.1 Å². The van der Waals surface area contributed by atoms with Gasteiger partial charge in [-0.2, -0.15) is 0 Å². The first-order valence-corrected chi connectivity index (χ1v) is 5.00. The molecule has 1 fully saturated rings. The van der Waals surface area contributed by atoms with Gasteiger partial charge in [0.2, 0.25) is 0 Å². The van der Waals surface area contributed by atoms with Gasteiger partial charge in [0.1, 0.15) is 0 Å². The Balaban J connectivity index is 2.51. The second-order valence-corrected chi connectivity index (χ2v) is 3.87. The molecule has 0 aliphatic carbocycles. The van der Waals surface area contributed by atoms with E-state index in [1.807, 2.05) is 0 Å². The molecule has 0 saturated carbocycles. The van der Waals surface area contributed by atoms with Crippen molar-refractivity contribution in [3.8, 4) is 0 Å². The van der Waals surface area contributed by atoms with Gasteiger partial charge in [-0.3, -0.25) is 5.41 Å². The van der Waals surface area contributed by atoms with Crippen LogP contribution < -0.4 is 0 Å². The number of hydrogen-bond acceptors (Lipinski definition) is 1. The highest BCUT2D eigenvalue weighted by Gasteiger charge is 2.24. The van der Waals surface area contributed by atoms with Gasteiger partial charge in [-0.25, -0.2) is 0 Å². The Morgan fingerprint density at radius 1 is 1.50 bits per heavy atom. The fraction of sp³-hybridized carbons (Fsp3) is 0.900. The summed E-state index contributed by atoms with van der Waals surface area (Å²) < 4.78 is 0. The highest BCUT2D eigenvalue weighted by Crippen LogP contribution is 2.20. The van der Waals surface area contributed by atoms with Crippen LogP contribution in [0.3, 0.4) is 0 Å². The van der Waals surface area contributed by atoms with E-state index in [0.717, 1.165) is 18.8 Å². The molecule has 0 amide bonds. The van der Waals surface area contributed by atoms with Crippen molar-refractivity contribution in [3.63, 3.8) is 0 Å². The number of nitrogens with zero attached hydrogens (tertiary/aromatic N) is 1. The quantitative estimate of drug-likeness (QED) is 0.688. The van der Waals surface area contributed by atoms with Crippen LogP contribution in [0, 0.1) is 11.3 Å².